The van der Waals surface area contributed by atoms with E-state index in [0.29, 0.717) is 22.6 Å². The maximum absolute atomic E-state index is 12.8. The normalized spacial score (nSPS) is 10.8. The summed E-state index contributed by atoms with van der Waals surface area (Å²) in [5.74, 6) is -1.49. The molecule has 0 aromatic heterocycles. The molecule has 0 aliphatic carbocycles. The van der Waals surface area contributed by atoms with E-state index >= 15 is 0 Å². The molecule has 186 valence electrons. The maximum Gasteiger partial charge on any atom is 0.343 e. The highest BCUT2D eigenvalue weighted by atomic mass is 16.5. The Morgan fingerprint density at radius 3 is 2.30 bits per heavy atom. The number of hydrazone groups is 1. The van der Waals surface area contributed by atoms with Crippen molar-refractivity contribution in [1.29, 1.82) is 0 Å². The molecule has 4 aromatic rings. The monoisotopic (exact) mass is 495 g/mol. The summed E-state index contributed by atoms with van der Waals surface area (Å²) in [5.41, 5.74) is 4.66. The van der Waals surface area contributed by atoms with Crippen LogP contribution in [-0.4, -0.2) is 31.1 Å². The number of esters is 1. The van der Waals surface area contributed by atoms with Crippen molar-refractivity contribution < 1.29 is 23.9 Å². The highest BCUT2D eigenvalue weighted by molar-refractivity contribution is 6.39. The number of nitrogens with zero attached hydrogens (tertiary/aromatic N) is 1. The molecule has 8 nitrogen and oxygen atoms in total. The Hall–Kier alpha value is -4.98. The summed E-state index contributed by atoms with van der Waals surface area (Å²) in [5, 5.41) is 8.12. The van der Waals surface area contributed by atoms with Gasteiger partial charge in [-0.3, -0.25) is 9.59 Å². The summed E-state index contributed by atoms with van der Waals surface area (Å²) >= 11 is 0. The Labute approximate surface area is 213 Å². The Balaban J connectivity index is 1.51. The third-order valence-corrected chi connectivity index (χ3v) is 5.65. The molecular formula is C29H25N3O5. The van der Waals surface area contributed by atoms with Crippen molar-refractivity contribution in [2.24, 2.45) is 5.10 Å². The fourth-order valence-electron chi connectivity index (χ4n) is 3.60. The lowest BCUT2D eigenvalue weighted by molar-refractivity contribution is -0.136. The number of benzene rings is 4. The molecule has 37 heavy (non-hydrogen) atoms. The number of rotatable bonds is 7. The zero-order chi connectivity index (χ0) is 26.2. The molecule has 0 atom stereocenters. The number of anilines is 1. The van der Waals surface area contributed by atoms with Crippen molar-refractivity contribution in [3.05, 3.63) is 102 Å². The number of fused-ring (bicyclic) bond motifs is 1. The minimum absolute atomic E-state index is 0.248. The zero-order valence-corrected chi connectivity index (χ0v) is 20.4. The van der Waals surface area contributed by atoms with Crippen LogP contribution in [0.3, 0.4) is 0 Å². The first-order valence-electron chi connectivity index (χ1n) is 11.6. The lowest BCUT2D eigenvalue weighted by Crippen LogP contribution is -2.32. The van der Waals surface area contributed by atoms with Gasteiger partial charge in [0.05, 0.1) is 18.9 Å². The first kappa shape index (κ1) is 25.1. The van der Waals surface area contributed by atoms with Crippen molar-refractivity contribution in [2.75, 3.05) is 12.4 Å². The fraction of sp³-hybridized carbons (Fsp3) is 0.103. The summed E-state index contributed by atoms with van der Waals surface area (Å²) in [6, 6.07) is 24.7. The van der Waals surface area contributed by atoms with E-state index in [2.05, 4.69) is 15.8 Å². The van der Waals surface area contributed by atoms with Crippen LogP contribution >= 0.6 is 0 Å². The molecule has 0 spiro atoms. The lowest BCUT2D eigenvalue weighted by Gasteiger charge is -2.11. The number of nitrogens with one attached hydrogen (secondary N) is 2. The van der Waals surface area contributed by atoms with Crippen molar-refractivity contribution in [3.8, 4) is 11.5 Å². The second kappa shape index (κ2) is 11.6. The summed E-state index contributed by atoms with van der Waals surface area (Å²) in [4.78, 5) is 37.3. The van der Waals surface area contributed by atoms with E-state index in [9.17, 15) is 14.4 Å². The van der Waals surface area contributed by atoms with E-state index in [4.69, 9.17) is 9.47 Å². The van der Waals surface area contributed by atoms with E-state index in [1.165, 1.54) is 6.21 Å². The van der Waals surface area contributed by atoms with Crippen molar-refractivity contribution >= 4 is 40.5 Å². The summed E-state index contributed by atoms with van der Waals surface area (Å²) in [6.07, 6.45) is 2.22. The van der Waals surface area contributed by atoms with Crippen molar-refractivity contribution in [2.45, 2.75) is 13.3 Å². The van der Waals surface area contributed by atoms with Crippen molar-refractivity contribution in [1.82, 2.24) is 5.43 Å². The molecule has 8 heteroatoms. The number of hydrogen-bond donors (Lipinski definition) is 2. The smallest absolute Gasteiger partial charge is 0.343 e. The number of aryl methyl sites for hydroxylation is 1. The van der Waals surface area contributed by atoms with Gasteiger partial charge in [-0.2, -0.15) is 5.10 Å². The standard InChI is InChI=1S/C29H25N3O5/c1-3-19-8-13-22(14-9-19)31-27(33)28(34)32-30-18-25-24-7-5-4-6-20(24)12-17-26(25)37-29(35)21-10-15-23(36-2)16-11-21/h4-18H,3H2,1-2H3,(H,31,33)(H,32,34). The average molecular weight is 496 g/mol. The van der Waals surface area contributed by atoms with Crippen LogP contribution in [-0.2, 0) is 16.0 Å². The van der Waals surface area contributed by atoms with Crippen LogP contribution in [0.1, 0.15) is 28.4 Å². The number of hydrogen-bond acceptors (Lipinski definition) is 6. The predicted molar refractivity (Wildman–Crippen MR) is 142 cm³/mol. The van der Waals surface area contributed by atoms with Crippen LogP contribution in [0.25, 0.3) is 10.8 Å². The van der Waals surface area contributed by atoms with Gasteiger partial charge in [-0.15, -0.1) is 0 Å². The largest absolute Gasteiger partial charge is 0.497 e. The average Bonchev–Trinajstić information content (AvgIpc) is 2.94. The van der Waals surface area contributed by atoms with Crippen molar-refractivity contribution in [3.63, 3.8) is 0 Å². The summed E-state index contributed by atoms with van der Waals surface area (Å²) < 4.78 is 10.8. The van der Waals surface area contributed by atoms with Crippen LogP contribution in [0.15, 0.2) is 90.0 Å². The quantitative estimate of drug-likeness (QED) is 0.127. The SMILES string of the molecule is CCc1ccc(NC(=O)C(=O)NN=Cc2c(OC(=O)c3ccc(OC)cc3)ccc3ccccc23)cc1. The minimum Gasteiger partial charge on any atom is -0.497 e. The van der Waals surface area contributed by atoms with Gasteiger partial charge in [0.15, 0.2) is 0 Å². The molecule has 4 aromatic carbocycles. The first-order chi connectivity index (χ1) is 18.0. The third kappa shape index (κ3) is 6.18. The molecule has 0 heterocycles. The Bertz CT molecular complexity index is 1460. The second-order valence-electron chi connectivity index (χ2n) is 8.02. The maximum atomic E-state index is 12.8. The predicted octanol–water partition coefficient (Wildman–Crippen LogP) is 4.72. The zero-order valence-electron chi connectivity index (χ0n) is 20.4. The van der Waals surface area contributed by atoms with Gasteiger partial charge in [-0.05, 0) is 65.2 Å². The summed E-state index contributed by atoms with van der Waals surface area (Å²) in [6.45, 7) is 2.03. The van der Waals surface area contributed by atoms with E-state index in [1.54, 1.807) is 49.6 Å². The number of carbonyl (C=O) groups is 3. The Morgan fingerprint density at radius 2 is 1.59 bits per heavy atom. The van der Waals surface area contributed by atoms with Crippen LogP contribution in [0, 0.1) is 0 Å². The molecule has 0 fully saturated rings. The van der Waals surface area contributed by atoms with Crippen LogP contribution in [0.2, 0.25) is 0 Å². The van der Waals surface area contributed by atoms with Gasteiger partial charge in [0.25, 0.3) is 0 Å². The molecule has 4 rings (SSSR count). The number of carbonyl (C=O) groups excluding carboxylic acids is 3. The van der Waals surface area contributed by atoms with Crippen LogP contribution in [0.5, 0.6) is 11.5 Å². The van der Waals surface area contributed by atoms with Gasteiger partial charge in [-0.25, -0.2) is 10.2 Å². The highest BCUT2D eigenvalue weighted by Crippen LogP contribution is 2.27. The molecule has 0 bridgehead atoms. The fourth-order valence-corrected chi connectivity index (χ4v) is 3.60. The van der Waals surface area contributed by atoms with Gasteiger partial charge in [-0.1, -0.05) is 49.4 Å². The number of methoxy groups -OCH3 is 1. The molecule has 0 aliphatic rings. The van der Waals surface area contributed by atoms with E-state index in [1.807, 2.05) is 49.4 Å². The molecular weight excluding hydrogens is 470 g/mol. The minimum atomic E-state index is -0.937. The molecule has 0 radical (unpaired) electrons. The highest BCUT2D eigenvalue weighted by Gasteiger charge is 2.15. The van der Waals surface area contributed by atoms with Crippen LogP contribution in [0.4, 0.5) is 5.69 Å². The van der Waals surface area contributed by atoms with E-state index < -0.39 is 17.8 Å². The summed E-state index contributed by atoms with van der Waals surface area (Å²) in [7, 11) is 1.54. The molecule has 0 saturated carbocycles. The van der Waals surface area contributed by atoms with Gasteiger partial charge in [0.1, 0.15) is 11.5 Å². The van der Waals surface area contributed by atoms with Crippen LogP contribution < -0.4 is 20.2 Å². The first-order valence-corrected chi connectivity index (χ1v) is 11.6. The van der Waals surface area contributed by atoms with Gasteiger partial charge in [0.2, 0.25) is 0 Å². The lowest BCUT2D eigenvalue weighted by atomic mass is 10.0. The Morgan fingerprint density at radius 1 is 0.865 bits per heavy atom. The third-order valence-electron chi connectivity index (χ3n) is 5.65. The molecule has 2 N–H and O–H groups in total. The number of ether oxygens (including phenoxy) is 2. The molecule has 0 saturated heterocycles. The molecule has 2 amide bonds. The second-order valence-corrected chi connectivity index (χ2v) is 8.02. The van der Waals surface area contributed by atoms with E-state index in [-0.39, 0.29) is 5.75 Å². The van der Waals surface area contributed by atoms with E-state index in [0.717, 1.165) is 22.8 Å². The topological polar surface area (TPSA) is 106 Å². The van der Waals surface area contributed by atoms with Gasteiger partial charge >= 0.3 is 17.8 Å². The van der Waals surface area contributed by atoms with Gasteiger partial charge < -0.3 is 14.8 Å². The molecule has 0 unspecified atom stereocenters. The molecule has 0 aliphatic heterocycles. The van der Waals surface area contributed by atoms with Gasteiger partial charge in [0, 0.05) is 11.3 Å². The Kier molecular flexibility index (Phi) is 7.90. The number of amides is 2.